The molecular formula is C59H97NO10. The Bertz CT molecular complexity index is 1550. The lowest BCUT2D eigenvalue weighted by molar-refractivity contribution is -0.305. The number of allylic oxidation sites excluding steroid dienone is 17. The number of unbranched alkanes of at least 4 members (excludes halogenated alkanes) is 17. The van der Waals surface area contributed by atoms with Crippen LogP contribution >= 0.6 is 0 Å². The van der Waals surface area contributed by atoms with Crippen molar-refractivity contribution >= 4 is 11.9 Å². The van der Waals surface area contributed by atoms with Crippen LogP contribution in [0.25, 0.3) is 0 Å². The van der Waals surface area contributed by atoms with Gasteiger partial charge in [0, 0.05) is 6.42 Å². The molecule has 0 aliphatic carbocycles. The van der Waals surface area contributed by atoms with E-state index >= 15 is 0 Å². The minimum atomic E-state index is -1.64. The molecule has 1 saturated heterocycles. The van der Waals surface area contributed by atoms with Gasteiger partial charge in [-0.05, 0) is 77.0 Å². The molecule has 8 unspecified atom stereocenters. The van der Waals surface area contributed by atoms with Crippen molar-refractivity contribution in [2.24, 2.45) is 0 Å². The molecule has 0 aromatic heterocycles. The Balaban J connectivity index is 2.83. The molecule has 0 saturated carbocycles. The first-order chi connectivity index (χ1) is 34.2. The second-order valence-electron chi connectivity index (χ2n) is 18.3. The normalized spacial score (nSPS) is 20.6. The quantitative estimate of drug-likeness (QED) is 0.0149. The Kier molecular flexibility index (Phi) is 42.6. The van der Waals surface area contributed by atoms with Crippen LogP contribution in [0.2, 0.25) is 0 Å². The van der Waals surface area contributed by atoms with E-state index in [1.807, 2.05) is 54.7 Å². The summed E-state index contributed by atoms with van der Waals surface area (Å²) in [5.74, 6) is -1.27. The number of nitrogens with one attached hydrogen (secondary N) is 1. The Morgan fingerprint density at radius 1 is 0.586 bits per heavy atom. The van der Waals surface area contributed by atoms with E-state index in [2.05, 4.69) is 74.7 Å². The fourth-order valence-corrected chi connectivity index (χ4v) is 7.74. The molecule has 70 heavy (non-hydrogen) atoms. The van der Waals surface area contributed by atoms with E-state index in [1.165, 1.54) is 51.4 Å². The number of hydrogen-bond acceptors (Lipinski definition) is 10. The highest BCUT2D eigenvalue weighted by Crippen LogP contribution is 2.26. The van der Waals surface area contributed by atoms with Crippen molar-refractivity contribution in [1.29, 1.82) is 0 Å². The van der Waals surface area contributed by atoms with Crippen LogP contribution in [-0.2, 0) is 23.8 Å². The summed E-state index contributed by atoms with van der Waals surface area (Å²) in [7, 11) is 0. The fraction of sp³-hybridized carbons (Fsp3) is 0.661. The minimum Gasteiger partial charge on any atom is -0.454 e. The Morgan fingerprint density at radius 2 is 1.10 bits per heavy atom. The molecule has 1 aliphatic heterocycles. The van der Waals surface area contributed by atoms with Crippen molar-refractivity contribution in [3.8, 4) is 0 Å². The van der Waals surface area contributed by atoms with Gasteiger partial charge in [-0.3, -0.25) is 9.59 Å². The van der Waals surface area contributed by atoms with Crippen LogP contribution in [0.15, 0.2) is 109 Å². The van der Waals surface area contributed by atoms with Crippen LogP contribution in [0.1, 0.15) is 188 Å². The van der Waals surface area contributed by atoms with Gasteiger partial charge in [0.2, 0.25) is 5.91 Å². The van der Waals surface area contributed by atoms with Gasteiger partial charge in [-0.1, -0.05) is 214 Å². The number of ether oxygens (including phenoxy) is 3. The van der Waals surface area contributed by atoms with Crippen LogP contribution in [0, 0.1) is 0 Å². The van der Waals surface area contributed by atoms with Gasteiger partial charge in [0.1, 0.15) is 24.4 Å². The number of rotatable bonds is 43. The van der Waals surface area contributed by atoms with Gasteiger partial charge >= 0.3 is 5.97 Å². The molecule has 1 aliphatic rings. The molecule has 0 spiro atoms. The molecular weight excluding hydrogens is 883 g/mol. The average Bonchev–Trinajstić information content (AvgIpc) is 3.36. The second kappa shape index (κ2) is 46.4. The first-order valence-corrected chi connectivity index (χ1v) is 27.2. The second-order valence-corrected chi connectivity index (χ2v) is 18.3. The zero-order chi connectivity index (χ0) is 51.1. The number of aliphatic hydroxyl groups excluding tert-OH is 5. The van der Waals surface area contributed by atoms with Gasteiger partial charge < -0.3 is 45.1 Å². The third-order valence-corrected chi connectivity index (χ3v) is 12.0. The van der Waals surface area contributed by atoms with E-state index in [9.17, 15) is 35.1 Å². The molecule has 0 aromatic rings. The van der Waals surface area contributed by atoms with E-state index in [1.54, 1.807) is 6.08 Å². The molecule has 1 heterocycles. The van der Waals surface area contributed by atoms with Crippen LogP contribution in [0.4, 0.5) is 0 Å². The standard InChI is InChI=1S/C59H97NO10/c1-4-7-10-13-16-19-22-25-26-29-32-35-38-41-44-47-54(64)70-57-56(66)55(65)53(48-61)69-59(57)68-49-50(51(62)45-42-39-36-33-30-27-23-20-17-14-11-8-5-2)60-58(67)52(63)46-43-40-37-34-31-28-24-21-18-15-12-9-6-3/h7,9-10,12-13,16,18-19,21-22,25-26,28-29,31-32,42,45,50-53,55-57,59,61-63,65-66H,4-6,8,11,14-15,17,20,23-24,27,30,33-41,43-44,46-49H2,1-3H3,(H,60,67)/b10-7+,12-9+,16-13+,21-18+,22-19-,26-25-,31-28+,32-29+,45-42+. The molecule has 0 radical (unpaired) electrons. The first kappa shape index (κ1) is 64.3. The highest BCUT2D eigenvalue weighted by Gasteiger charge is 2.47. The van der Waals surface area contributed by atoms with Crippen molar-refractivity contribution < 1.29 is 49.3 Å². The van der Waals surface area contributed by atoms with Gasteiger partial charge in [0.25, 0.3) is 0 Å². The van der Waals surface area contributed by atoms with Crippen molar-refractivity contribution in [3.63, 3.8) is 0 Å². The topological polar surface area (TPSA) is 175 Å². The highest BCUT2D eigenvalue weighted by atomic mass is 16.7. The lowest BCUT2D eigenvalue weighted by Crippen LogP contribution is -2.61. The van der Waals surface area contributed by atoms with Gasteiger partial charge in [0.05, 0.1) is 25.4 Å². The largest absolute Gasteiger partial charge is 0.454 e. The first-order valence-electron chi connectivity index (χ1n) is 27.2. The van der Waals surface area contributed by atoms with E-state index in [4.69, 9.17) is 14.2 Å². The average molecular weight is 980 g/mol. The van der Waals surface area contributed by atoms with Crippen molar-refractivity contribution in [2.75, 3.05) is 13.2 Å². The van der Waals surface area contributed by atoms with Gasteiger partial charge in [-0.2, -0.15) is 0 Å². The summed E-state index contributed by atoms with van der Waals surface area (Å²) in [5, 5.41) is 56.7. The summed E-state index contributed by atoms with van der Waals surface area (Å²) in [6.07, 6.45) is 51.3. The maximum Gasteiger partial charge on any atom is 0.306 e. The smallest absolute Gasteiger partial charge is 0.306 e. The van der Waals surface area contributed by atoms with Crippen LogP contribution < -0.4 is 5.32 Å². The van der Waals surface area contributed by atoms with Crippen LogP contribution in [0.5, 0.6) is 0 Å². The van der Waals surface area contributed by atoms with E-state index in [0.717, 1.165) is 89.9 Å². The third-order valence-electron chi connectivity index (χ3n) is 12.0. The molecule has 1 fully saturated rings. The predicted molar refractivity (Wildman–Crippen MR) is 287 cm³/mol. The highest BCUT2D eigenvalue weighted by molar-refractivity contribution is 5.80. The molecule has 8 atom stereocenters. The summed E-state index contributed by atoms with van der Waals surface area (Å²) in [4.78, 5) is 26.4. The molecule has 398 valence electrons. The lowest BCUT2D eigenvalue weighted by atomic mass is 9.99. The van der Waals surface area contributed by atoms with Crippen LogP contribution in [-0.4, -0.2) is 99.6 Å². The third kappa shape index (κ3) is 34.6. The van der Waals surface area contributed by atoms with Gasteiger partial charge in [-0.15, -0.1) is 0 Å². The van der Waals surface area contributed by atoms with Crippen molar-refractivity contribution in [1.82, 2.24) is 5.32 Å². The Morgan fingerprint density at radius 3 is 1.71 bits per heavy atom. The number of carbonyl (C=O) groups excluding carboxylic acids is 2. The summed E-state index contributed by atoms with van der Waals surface area (Å²) in [6, 6.07) is -1.05. The van der Waals surface area contributed by atoms with Crippen molar-refractivity contribution in [2.45, 2.75) is 237 Å². The van der Waals surface area contributed by atoms with E-state index < -0.39 is 67.4 Å². The maximum absolute atomic E-state index is 13.3. The maximum atomic E-state index is 13.3. The van der Waals surface area contributed by atoms with Crippen LogP contribution in [0.3, 0.4) is 0 Å². The number of carbonyl (C=O) groups is 2. The van der Waals surface area contributed by atoms with Gasteiger partial charge in [-0.25, -0.2) is 0 Å². The molecule has 1 amide bonds. The fourth-order valence-electron chi connectivity index (χ4n) is 7.74. The molecule has 0 aromatic carbocycles. The van der Waals surface area contributed by atoms with Crippen molar-refractivity contribution in [3.05, 3.63) is 109 Å². The molecule has 0 bridgehead atoms. The number of hydrogen-bond donors (Lipinski definition) is 6. The number of amides is 1. The monoisotopic (exact) mass is 980 g/mol. The summed E-state index contributed by atoms with van der Waals surface area (Å²) in [5.41, 5.74) is 0. The lowest BCUT2D eigenvalue weighted by Gasteiger charge is -2.41. The predicted octanol–water partition coefficient (Wildman–Crippen LogP) is 11.8. The summed E-state index contributed by atoms with van der Waals surface area (Å²) in [6.45, 7) is 5.45. The van der Waals surface area contributed by atoms with E-state index in [-0.39, 0.29) is 19.4 Å². The Labute approximate surface area is 424 Å². The molecule has 11 nitrogen and oxygen atoms in total. The molecule has 6 N–H and O–H groups in total. The molecule has 11 heteroatoms. The number of esters is 1. The SMILES string of the molecule is CC/C=C/C=C/C=C\C=C/C=C/CCCCCC(=O)OC1C(OCC(NC(=O)C(O)CCCCC/C=C/C/C=C/C/C=C/CC)C(O)/C=C/CCCCCCCCCCCCC)OC(CO)C(O)C1O. The number of aliphatic hydroxyl groups is 5. The van der Waals surface area contributed by atoms with E-state index in [0.29, 0.717) is 12.8 Å². The zero-order valence-electron chi connectivity index (χ0n) is 43.6. The summed E-state index contributed by atoms with van der Waals surface area (Å²) < 4.78 is 17.5. The minimum absolute atomic E-state index is 0.0652. The molecule has 1 rings (SSSR count). The Hall–Kier alpha value is -3.68. The zero-order valence-corrected chi connectivity index (χ0v) is 43.6. The summed E-state index contributed by atoms with van der Waals surface area (Å²) >= 11 is 0. The van der Waals surface area contributed by atoms with Gasteiger partial charge in [0.15, 0.2) is 12.4 Å².